The van der Waals surface area contributed by atoms with Crippen LogP contribution >= 0.6 is 11.3 Å². The summed E-state index contributed by atoms with van der Waals surface area (Å²) < 4.78 is 1.94. The Balaban J connectivity index is 2.53. The second kappa shape index (κ2) is 6.09. The zero-order valence-corrected chi connectivity index (χ0v) is 12.7. The highest BCUT2D eigenvalue weighted by atomic mass is 32.1. The Bertz CT molecular complexity index is 629. The summed E-state index contributed by atoms with van der Waals surface area (Å²) >= 11 is 1.55. The lowest BCUT2D eigenvalue weighted by atomic mass is 10.2. The number of rotatable bonds is 6. The number of hydrogen-bond donors (Lipinski definition) is 1. The van der Waals surface area contributed by atoms with Crippen LogP contribution in [-0.2, 0) is 4.79 Å². The van der Waals surface area contributed by atoms with E-state index in [1.165, 1.54) is 0 Å². The zero-order chi connectivity index (χ0) is 14.7. The second-order valence-electron chi connectivity index (χ2n) is 4.59. The van der Waals surface area contributed by atoms with E-state index in [1.54, 1.807) is 17.4 Å². The summed E-state index contributed by atoms with van der Waals surface area (Å²) in [4.78, 5) is 18.5. The minimum atomic E-state index is -0.951. The number of hydrogen-bond acceptors (Lipinski definition) is 4. The van der Waals surface area contributed by atoms with E-state index >= 15 is 0 Å². The lowest BCUT2D eigenvalue weighted by molar-refractivity contribution is -0.131. The molecule has 5 nitrogen and oxygen atoms in total. The van der Waals surface area contributed by atoms with Crippen molar-refractivity contribution < 1.29 is 9.90 Å². The van der Waals surface area contributed by atoms with Gasteiger partial charge in [0.1, 0.15) is 0 Å². The van der Waals surface area contributed by atoms with Crippen molar-refractivity contribution in [1.82, 2.24) is 9.38 Å². The van der Waals surface area contributed by atoms with Crippen LogP contribution in [0.4, 0.5) is 5.82 Å². The fourth-order valence-electron chi connectivity index (χ4n) is 2.20. The summed E-state index contributed by atoms with van der Waals surface area (Å²) in [6, 6.07) is 0.363. The molecule has 2 rings (SSSR count). The van der Waals surface area contributed by atoms with Gasteiger partial charge in [-0.25, -0.2) is 9.78 Å². The average molecular weight is 293 g/mol. The molecule has 0 bridgehead atoms. The third-order valence-electron chi connectivity index (χ3n) is 3.40. The molecule has 2 heterocycles. The molecule has 0 fully saturated rings. The van der Waals surface area contributed by atoms with E-state index < -0.39 is 5.97 Å². The van der Waals surface area contributed by atoms with Gasteiger partial charge in [-0.15, -0.1) is 11.3 Å². The molecule has 1 N–H and O–H groups in total. The Morgan fingerprint density at radius 3 is 2.95 bits per heavy atom. The molecule has 108 valence electrons. The first-order chi connectivity index (χ1) is 9.58. The van der Waals surface area contributed by atoms with Gasteiger partial charge in [0.25, 0.3) is 0 Å². The standard InChI is InChI=1S/C14H19N3O2S/c1-4-10(3)16(5-2)13-11(6-7-12(18)19)17-8-9-20-14(17)15-13/h6-10H,4-5H2,1-3H3,(H,18,19)/b7-6+. The van der Waals surface area contributed by atoms with Crippen molar-refractivity contribution in [2.24, 2.45) is 0 Å². The monoisotopic (exact) mass is 293 g/mol. The number of carbonyl (C=O) groups is 1. The number of carboxylic acids is 1. The molecular weight excluding hydrogens is 274 g/mol. The predicted octanol–water partition coefficient (Wildman–Crippen LogP) is 3.12. The SMILES string of the molecule is CCC(C)N(CC)c1nc2sccn2c1/C=C/C(=O)O. The zero-order valence-electron chi connectivity index (χ0n) is 11.9. The third kappa shape index (κ3) is 2.70. The third-order valence-corrected chi connectivity index (χ3v) is 4.16. The fraction of sp³-hybridized carbons (Fsp3) is 0.429. The molecule has 0 aliphatic carbocycles. The first kappa shape index (κ1) is 14.6. The fourth-order valence-corrected chi connectivity index (χ4v) is 2.92. The molecule has 0 saturated heterocycles. The first-order valence-electron chi connectivity index (χ1n) is 6.71. The molecule has 0 aromatic carbocycles. The molecule has 6 heteroatoms. The average Bonchev–Trinajstić information content (AvgIpc) is 2.98. The molecule has 1 unspecified atom stereocenters. The van der Waals surface area contributed by atoms with Crippen molar-refractivity contribution in [3.8, 4) is 0 Å². The van der Waals surface area contributed by atoms with Gasteiger partial charge in [0, 0.05) is 30.2 Å². The van der Waals surface area contributed by atoms with Gasteiger partial charge in [-0.3, -0.25) is 4.40 Å². The maximum Gasteiger partial charge on any atom is 0.328 e. The normalized spacial score (nSPS) is 13.2. The Kier molecular flexibility index (Phi) is 4.44. The molecule has 0 aliphatic rings. The van der Waals surface area contributed by atoms with E-state index in [4.69, 9.17) is 5.11 Å². The molecule has 0 aliphatic heterocycles. The molecule has 0 amide bonds. The van der Waals surface area contributed by atoms with E-state index in [0.717, 1.165) is 35.5 Å². The largest absolute Gasteiger partial charge is 0.478 e. The van der Waals surface area contributed by atoms with E-state index in [0.29, 0.717) is 6.04 Å². The van der Waals surface area contributed by atoms with Crippen molar-refractivity contribution >= 4 is 34.2 Å². The van der Waals surface area contributed by atoms with E-state index in [9.17, 15) is 4.79 Å². The van der Waals surface area contributed by atoms with Gasteiger partial charge in [-0.05, 0) is 26.3 Å². The van der Waals surface area contributed by atoms with Gasteiger partial charge in [-0.2, -0.15) is 0 Å². The molecule has 2 aromatic heterocycles. The van der Waals surface area contributed by atoms with E-state index in [2.05, 4.69) is 30.7 Å². The summed E-state index contributed by atoms with van der Waals surface area (Å²) in [5.74, 6) is -0.0982. The van der Waals surface area contributed by atoms with Crippen molar-refractivity contribution in [3.63, 3.8) is 0 Å². The Morgan fingerprint density at radius 1 is 1.60 bits per heavy atom. The highest BCUT2D eigenvalue weighted by Crippen LogP contribution is 2.27. The lowest BCUT2D eigenvalue weighted by Gasteiger charge is -2.27. The van der Waals surface area contributed by atoms with Gasteiger partial charge in [0.2, 0.25) is 0 Å². The van der Waals surface area contributed by atoms with Gasteiger partial charge >= 0.3 is 5.97 Å². The quantitative estimate of drug-likeness (QED) is 0.831. The number of anilines is 1. The van der Waals surface area contributed by atoms with Crippen LogP contribution in [0.2, 0.25) is 0 Å². The predicted molar refractivity (Wildman–Crippen MR) is 82.5 cm³/mol. The molecule has 0 radical (unpaired) electrons. The Morgan fingerprint density at radius 2 is 2.35 bits per heavy atom. The minimum Gasteiger partial charge on any atom is -0.478 e. The lowest BCUT2D eigenvalue weighted by Crippen LogP contribution is -2.33. The van der Waals surface area contributed by atoms with Crippen molar-refractivity contribution in [1.29, 1.82) is 0 Å². The van der Waals surface area contributed by atoms with E-state index in [-0.39, 0.29) is 0 Å². The van der Waals surface area contributed by atoms with E-state index in [1.807, 2.05) is 16.0 Å². The highest BCUT2D eigenvalue weighted by Gasteiger charge is 2.19. The molecule has 0 spiro atoms. The van der Waals surface area contributed by atoms with Crippen LogP contribution in [0, 0.1) is 0 Å². The number of aromatic nitrogens is 2. The molecule has 1 atom stereocenters. The van der Waals surface area contributed by atoms with Gasteiger partial charge < -0.3 is 10.0 Å². The van der Waals surface area contributed by atoms with Crippen LogP contribution in [0.5, 0.6) is 0 Å². The summed E-state index contributed by atoms with van der Waals surface area (Å²) in [6.45, 7) is 7.22. The molecule has 20 heavy (non-hydrogen) atoms. The van der Waals surface area contributed by atoms with Crippen molar-refractivity contribution in [3.05, 3.63) is 23.3 Å². The number of nitrogens with zero attached hydrogens (tertiary/aromatic N) is 3. The Labute approximate surface area is 122 Å². The van der Waals surface area contributed by atoms with Crippen LogP contribution in [-0.4, -0.2) is 33.0 Å². The maximum atomic E-state index is 10.8. The van der Waals surface area contributed by atoms with Crippen LogP contribution in [0.1, 0.15) is 32.9 Å². The van der Waals surface area contributed by atoms with Crippen molar-refractivity contribution in [2.75, 3.05) is 11.4 Å². The number of fused-ring (bicyclic) bond motifs is 1. The van der Waals surface area contributed by atoms with Crippen molar-refractivity contribution in [2.45, 2.75) is 33.2 Å². The van der Waals surface area contributed by atoms with Crippen LogP contribution in [0.25, 0.3) is 11.0 Å². The molecule has 2 aromatic rings. The molecule has 0 saturated carbocycles. The molecular formula is C14H19N3O2S. The summed E-state index contributed by atoms with van der Waals surface area (Å²) in [7, 11) is 0. The second-order valence-corrected chi connectivity index (χ2v) is 5.46. The number of thiazole rings is 1. The van der Waals surface area contributed by atoms with Gasteiger partial charge in [-0.1, -0.05) is 6.92 Å². The van der Waals surface area contributed by atoms with Gasteiger partial charge in [0.05, 0.1) is 5.69 Å². The highest BCUT2D eigenvalue weighted by molar-refractivity contribution is 7.15. The summed E-state index contributed by atoms with van der Waals surface area (Å²) in [5, 5.41) is 10.8. The smallest absolute Gasteiger partial charge is 0.328 e. The number of carboxylic acid groups (broad SMARTS) is 1. The number of aliphatic carboxylic acids is 1. The van der Waals surface area contributed by atoms with Crippen LogP contribution < -0.4 is 4.90 Å². The van der Waals surface area contributed by atoms with Gasteiger partial charge in [0.15, 0.2) is 10.8 Å². The number of imidazole rings is 1. The summed E-state index contributed by atoms with van der Waals surface area (Å²) in [5.41, 5.74) is 0.825. The maximum absolute atomic E-state index is 10.8. The summed E-state index contributed by atoms with van der Waals surface area (Å²) in [6.07, 6.45) is 5.72. The van der Waals surface area contributed by atoms with Crippen LogP contribution in [0.15, 0.2) is 17.7 Å². The van der Waals surface area contributed by atoms with Crippen LogP contribution in [0.3, 0.4) is 0 Å². The Hall–Kier alpha value is -1.82. The first-order valence-corrected chi connectivity index (χ1v) is 7.59. The topological polar surface area (TPSA) is 57.8 Å². The minimum absolute atomic E-state index is 0.363.